The summed E-state index contributed by atoms with van der Waals surface area (Å²) in [5.74, 6) is 0.419. The summed E-state index contributed by atoms with van der Waals surface area (Å²) in [4.78, 5) is 0. The Morgan fingerprint density at radius 3 is 2.46 bits per heavy atom. The average molecular weight is 407 g/mol. The van der Waals surface area contributed by atoms with Crippen molar-refractivity contribution >= 4 is 28.0 Å². The molecule has 0 unspecified atom stereocenters. The lowest BCUT2D eigenvalue weighted by Gasteiger charge is -2.10. The van der Waals surface area contributed by atoms with E-state index in [-0.39, 0.29) is 28.8 Å². The first-order valence-corrected chi connectivity index (χ1v) is 8.72. The summed E-state index contributed by atoms with van der Waals surface area (Å²) < 4.78 is 40.3. The molecular formula is C19H14ClF3N4O. The molecule has 9 heteroatoms. The van der Waals surface area contributed by atoms with Crippen LogP contribution in [0.5, 0.6) is 5.75 Å². The van der Waals surface area contributed by atoms with Crippen molar-refractivity contribution in [1.82, 2.24) is 19.9 Å². The molecule has 2 aromatic heterocycles. The molecule has 0 aliphatic carbocycles. The van der Waals surface area contributed by atoms with Gasteiger partial charge in [-0.3, -0.25) is 4.40 Å². The third-order valence-electron chi connectivity index (χ3n) is 4.40. The zero-order chi connectivity index (χ0) is 19.9. The predicted molar refractivity (Wildman–Crippen MR) is 99.2 cm³/mol. The van der Waals surface area contributed by atoms with E-state index in [1.807, 2.05) is 30.3 Å². The predicted octanol–water partition coefficient (Wildman–Crippen LogP) is 4.55. The van der Waals surface area contributed by atoms with E-state index in [9.17, 15) is 18.3 Å². The number of aromatic hydroxyl groups is 1. The van der Waals surface area contributed by atoms with Gasteiger partial charge in [0.2, 0.25) is 0 Å². The number of aromatic nitrogens is 3. The van der Waals surface area contributed by atoms with Crippen LogP contribution in [0.4, 0.5) is 13.2 Å². The van der Waals surface area contributed by atoms with E-state index in [4.69, 9.17) is 11.6 Å². The molecule has 2 N–H and O–H groups in total. The first kappa shape index (κ1) is 18.5. The van der Waals surface area contributed by atoms with E-state index < -0.39 is 11.7 Å². The van der Waals surface area contributed by atoms with Crippen LogP contribution in [0.15, 0.2) is 48.7 Å². The molecule has 0 bridgehead atoms. The molecule has 2 heterocycles. The highest BCUT2D eigenvalue weighted by molar-refractivity contribution is 6.33. The highest BCUT2D eigenvalue weighted by Gasteiger charge is 2.32. The smallest absolute Gasteiger partial charge is 0.417 e. The Kier molecular flexibility index (Phi) is 4.60. The summed E-state index contributed by atoms with van der Waals surface area (Å²) in [5, 5.41) is 22.8. The molecule has 0 saturated carbocycles. The number of hydrogen-bond acceptors (Lipinski definition) is 4. The van der Waals surface area contributed by atoms with Crippen molar-refractivity contribution in [3.8, 4) is 5.75 Å². The van der Waals surface area contributed by atoms with Gasteiger partial charge in [-0.25, -0.2) is 0 Å². The second-order valence-electron chi connectivity index (χ2n) is 6.32. The highest BCUT2D eigenvalue weighted by Crippen LogP contribution is 2.32. The van der Waals surface area contributed by atoms with Crippen LogP contribution in [0.1, 0.15) is 17.0 Å². The summed E-state index contributed by atoms with van der Waals surface area (Å²) in [6, 6.07) is 12.0. The first-order chi connectivity index (χ1) is 13.3. The first-order valence-electron chi connectivity index (χ1n) is 8.34. The van der Waals surface area contributed by atoms with Crippen LogP contribution in [0.3, 0.4) is 0 Å². The van der Waals surface area contributed by atoms with E-state index >= 15 is 0 Å². The maximum absolute atomic E-state index is 13.0. The molecule has 5 nitrogen and oxygen atoms in total. The minimum absolute atomic E-state index is 0.124. The molecule has 0 saturated heterocycles. The molecule has 144 valence electrons. The molecule has 28 heavy (non-hydrogen) atoms. The minimum atomic E-state index is -4.52. The van der Waals surface area contributed by atoms with E-state index in [0.29, 0.717) is 12.1 Å². The van der Waals surface area contributed by atoms with Gasteiger partial charge in [0, 0.05) is 18.3 Å². The van der Waals surface area contributed by atoms with E-state index in [2.05, 4.69) is 15.5 Å². The fraction of sp³-hybridized carbons (Fsp3) is 0.158. The van der Waals surface area contributed by atoms with Crippen LogP contribution in [-0.2, 0) is 19.3 Å². The van der Waals surface area contributed by atoms with Gasteiger partial charge < -0.3 is 10.4 Å². The van der Waals surface area contributed by atoms with Crippen LogP contribution < -0.4 is 5.32 Å². The quantitative estimate of drug-likeness (QED) is 0.522. The SMILES string of the molecule is Oc1cc2ccccc2cc1CNCc1nnc2c(Cl)cc(C(F)(F)F)cn12. The Labute approximate surface area is 162 Å². The number of fused-ring (bicyclic) bond motifs is 2. The summed E-state index contributed by atoms with van der Waals surface area (Å²) in [5.41, 5.74) is -0.0558. The molecule has 0 fully saturated rings. The van der Waals surface area contributed by atoms with E-state index in [1.165, 1.54) is 4.40 Å². The number of halogens is 4. The Hall–Kier alpha value is -2.84. The van der Waals surface area contributed by atoms with E-state index in [1.54, 1.807) is 6.07 Å². The minimum Gasteiger partial charge on any atom is -0.508 e. The average Bonchev–Trinajstić information content (AvgIpc) is 3.05. The number of benzene rings is 2. The molecule has 0 atom stereocenters. The number of phenolic OH excluding ortho intramolecular Hbond substituents is 1. The zero-order valence-electron chi connectivity index (χ0n) is 14.3. The number of rotatable bonds is 4. The topological polar surface area (TPSA) is 62.5 Å². The standard InChI is InChI=1S/C19H14ClF3N4O/c20-15-7-14(19(21,22)23)10-27-17(25-26-18(15)27)9-24-8-13-5-11-3-1-2-4-12(11)6-16(13)28/h1-7,10,24,28H,8-9H2. The number of nitrogens with one attached hydrogen (secondary N) is 1. The number of nitrogens with zero attached hydrogens (tertiary/aromatic N) is 3. The third kappa shape index (κ3) is 3.48. The highest BCUT2D eigenvalue weighted by atomic mass is 35.5. The lowest BCUT2D eigenvalue weighted by Crippen LogP contribution is -2.15. The number of alkyl halides is 3. The number of pyridine rings is 1. The largest absolute Gasteiger partial charge is 0.508 e. The Balaban J connectivity index is 1.56. The molecular weight excluding hydrogens is 393 g/mol. The Bertz CT molecular complexity index is 1170. The van der Waals surface area contributed by atoms with Gasteiger partial charge in [-0.2, -0.15) is 13.2 Å². The van der Waals surface area contributed by atoms with Crippen molar-refractivity contribution in [3.63, 3.8) is 0 Å². The van der Waals surface area contributed by atoms with Gasteiger partial charge in [0.1, 0.15) is 5.75 Å². The summed E-state index contributed by atoms with van der Waals surface area (Å²) in [7, 11) is 0. The lowest BCUT2D eigenvalue weighted by molar-refractivity contribution is -0.137. The summed E-state index contributed by atoms with van der Waals surface area (Å²) in [6.45, 7) is 0.448. The van der Waals surface area contributed by atoms with Gasteiger partial charge >= 0.3 is 6.18 Å². The van der Waals surface area contributed by atoms with Crippen molar-refractivity contribution in [3.05, 3.63) is 70.6 Å². The van der Waals surface area contributed by atoms with Crippen molar-refractivity contribution in [2.24, 2.45) is 0 Å². The van der Waals surface area contributed by atoms with Gasteiger partial charge in [-0.15, -0.1) is 10.2 Å². The van der Waals surface area contributed by atoms with Gasteiger partial charge in [0.15, 0.2) is 11.5 Å². The molecule has 0 aliphatic rings. The fourth-order valence-electron chi connectivity index (χ4n) is 3.00. The molecule has 4 aromatic rings. The molecule has 0 aliphatic heterocycles. The van der Waals surface area contributed by atoms with Crippen LogP contribution in [-0.4, -0.2) is 19.7 Å². The van der Waals surface area contributed by atoms with Gasteiger partial charge in [-0.05, 0) is 29.0 Å². The molecule has 4 rings (SSSR count). The Morgan fingerprint density at radius 2 is 1.75 bits per heavy atom. The van der Waals surface area contributed by atoms with Crippen molar-refractivity contribution in [2.75, 3.05) is 0 Å². The molecule has 0 radical (unpaired) electrons. The Morgan fingerprint density at radius 1 is 1.04 bits per heavy atom. The fourth-order valence-corrected chi connectivity index (χ4v) is 3.25. The van der Waals surface area contributed by atoms with Crippen molar-refractivity contribution in [2.45, 2.75) is 19.3 Å². The molecule has 0 amide bonds. The van der Waals surface area contributed by atoms with Gasteiger partial charge in [0.05, 0.1) is 17.1 Å². The maximum Gasteiger partial charge on any atom is 0.417 e. The molecule has 0 spiro atoms. The number of phenols is 1. The van der Waals surface area contributed by atoms with Crippen LogP contribution in [0.25, 0.3) is 16.4 Å². The van der Waals surface area contributed by atoms with Crippen LogP contribution in [0.2, 0.25) is 5.02 Å². The normalized spacial score (nSPS) is 12.1. The number of hydrogen-bond donors (Lipinski definition) is 2. The second-order valence-corrected chi connectivity index (χ2v) is 6.72. The summed E-state index contributed by atoms with van der Waals surface area (Å²) in [6.07, 6.45) is -3.60. The zero-order valence-corrected chi connectivity index (χ0v) is 15.1. The van der Waals surface area contributed by atoms with Crippen molar-refractivity contribution in [1.29, 1.82) is 0 Å². The van der Waals surface area contributed by atoms with Crippen LogP contribution >= 0.6 is 11.6 Å². The van der Waals surface area contributed by atoms with Crippen LogP contribution in [0, 0.1) is 0 Å². The maximum atomic E-state index is 13.0. The third-order valence-corrected chi connectivity index (χ3v) is 4.68. The van der Waals surface area contributed by atoms with Gasteiger partial charge in [-0.1, -0.05) is 35.9 Å². The summed E-state index contributed by atoms with van der Waals surface area (Å²) >= 11 is 5.91. The van der Waals surface area contributed by atoms with E-state index in [0.717, 1.165) is 23.0 Å². The van der Waals surface area contributed by atoms with Crippen molar-refractivity contribution < 1.29 is 18.3 Å². The monoisotopic (exact) mass is 406 g/mol. The van der Waals surface area contributed by atoms with Gasteiger partial charge in [0.25, 0.3) is 0 Å². The molecule has 2 aromatic carbocycles. The lowest BCUT2D eigenvalue weighted by atomic mass is 10.1. The second kappa shape index (κ2) is 6.96.